The van der Waals surface area contributed by atoms with Crippen LogP contribution < -0.4 is 12.4 Å². The summed E-state index contributed by atoms with van der Waals surface area (Å²) in [6, 6.07) is 2.27. The summed E-state index contributed by atoms with van der Waals surface area (Å²) in [7, 11) is 4.51. The fraction of sp³-hybridized carbons (Fsp3) is 0.960. The zero-order valence-electron chi connectivity index (χ0n) is 19.6. The Morgan fingerprint density at radius 1 is 0.536 bits per heavy atom. The third-order valence-electron chi connectivity index (χ3n) is 5.95. The van der Waals surface area contributed by atoms with Crippen LogP contribution >= 0.6 is 0 Å². The largest absolute Gasteiger partial charge is 1.00 e. The minimum atomic E-state index is 0. The molecule has 0 aromatic carbocycles. The molecule has 0 aliphatic heterocycles. The number of nitrogens with zero attached hydrogens (tertiary/aromatic N) is 2. The summed E-state index contributed by atoms with van der Waals surface area (Å²) in [5.41, 5.74) is 0. The van der Waals surface area contributed by atoms with Gasteiger partial charge in [-0.25, -0.2) is 0 Å². The first-order valence-corrected chi connectivity index (χ1v) is 12.3. The maximum absolute atomic E-state index is 8.70. The van der Waals surface area contributed by atoms with Gasteiger partial charge in [0.2, 0.25) is 0 Å². The van der Waals surface area contributed by atoms with E-state index in [0.717, 1.165) is 11.0 Å². The Kier molecular flexibility index (Phi) is 24.6. The van der Waals surface area contributed by atoms with E-state index >= 15 is 0 Å². The minimum Gasteiger partial charge on any atom is -1.00 e. The molecule has 0 N–H and O–H groups in total. The van der Waals surface area contributed by atoms with Crippen LogP contribution in [0.3, 0.4) is 0 Å². The predicted octanol–water partition coefficient (Wildman–Crippen LogP) is 5.02. The fourth-order valence-electron chi connectivity index (χ4n) is 3.91. The highest BCUT2D eigenvalue weighted by atomic mass is 35.5. The molecular weight excluding hydrogens is 364 g/mol. The van der Waals surface area contributed by atoms with Crippen molar-refractivity contribution in [3.05, 3.63) is 0 Å². The molecule has 0 radical (unpaired) electrons. The van der Waals surface area contributed by atoms with Crippen LogP contribution in [0.15, 0.2) is 0 Å². The van der Waals surface area contributed by atoms with Crippen molar-refractivity contribution in [2.75, 3.05) is 27.2 Å². The summed E-state index contributed by atoms with van der Waals surface area (Å²) in [4.78, 5) is 0. The Bertz CT molecular complexity index is 336. The van der Waals surface area contributed by atoms with E-state index in [1.54, 1.807) is 0 Å². The Hall–Kier alpha value is -0.260. The first-order valence-electron chi connectivity index (χ1n) is 12.3. The van der Waals surface area contributed by atoms with Crippen LogP contribution in [-0.4, -0.2) is 31.7 Å². The van der Waals surface area contributed by atoms with E-state index in [0.29, 0.717) is 6.42 Å². The number of hydrogen-bond donors (Lipinski definition) is 0. The molecule has 2 nitrogen and oxygen atoms in total. The molecule has 0 aliphatic carbocycles. The lowest BCUT2D eigenvalue weighted by molar-refractivity contribution is -0.890. The van der Waals surface area contributed by atoms with Gasteiger partial charge < -0.3 is 16.9 Å². The van der Waals surface area contributed by atoms with Gasteiger partial charge in [0.25, 0.3) is 0 Å². The van der Waals surface area contributed by atoms with Crippen LogP contribution in [0.2, 0.25) is 0 Å². The number of hydrogen-bond acceptors (Lipinski definition) is 1. The quantitative estimate of drug-likeness (QED) is 0.191. The number of quaternary nitrogens is 1. The third kappa shape index (κ3) is 23.8. The van der Waals surface area contributed by atoms with Crippen molar-refractivity contribution < 1.29 is 16.9 Å². The molecule has 3 heteroatoms. The van der Waals surface area contributed by atoms with E-state index < -0.39 is 0 Å². The molecule has 0 unspecified atom stereocenters. The molecule has 0 aliphatic rings. The minimum absolute atomic E-state index is 0. The van der Waals surface area contributed by atoms with Crippen LogP contribution in [0, 0.1) is 11.3 Å². The monoisotopic (exact) mass is 414 g/mol. The van der Waals surface area contributed by atoms with Gasteiger partial charge in [-0.15, -0.1) is 0 Å². The summed E-state index contributed by atoms with van der Waals surface area (Å²) in [5.74, 6) is 0. The highest BCUT2D eigenvalue weighted by molar-refractivity contribution is 4.67. The van der Waals surface area contributed by atoms with Gasteiger partial charge in [-0.1, -0.05) is 110 Å². The van der Waals surface area contributed by atoms with Gasteiger partial charge in [0.1, 0.15) is 0 Å². The second-order valence-electron chi connectivity index (χ2n) is 9.30. The average molecular weight is 415 g/mol. The van der Waals surface area contributed by atoms with Gasteiger partial charge in [-0.2, -0.15) is 5.26 Å². The van der Waals surface area contributed by atoms with Crippen LogP contribution in [0.4, 0.5) is 0 Å². The number of rotatable bonds is 21. The number of nitriles is 1. The average Bonchev–Trinajstić information content (AvgIpc) is 2.65. The molecular formula is C25H51ClN2. The normalized spacial score (nSPS) is 11.2. The third-order valence-corrected chi connectivity index (χ3v) is 5.95. The maximum Gasteiger partial charge on any atom is 0.0914 e. The molecule has 0 atom stereocenters. The molecule has 28 heavy (non-hydrogen) atoms. The van der Waals surface area contributed by atoms with Crippen LogP contribution in [0.5, 0.6) is 0 Å². The lowest BCUT2D eigenvalue weighted by atomic mass is 10.0. The molecule has 0 rings (SSSR count). The molecule has 0 heterocycles. The van der Waals surface area contributed by atoms with E-state index in [1.165, 1.54) is 122 Å². The molecule has 0 spiro atoms. The summed E-state index contributed by atoms with van der Waals surface area (Å²) in [5, 5.41) is 8.70. The summed E-state index contributed by atoms with van der Waals surface area (Å²) in [6.45, 7) is 4.51. The lowest BCUT2D eigenvalue weighted by Crippen LogP contribution is -3.00. The van der Waals surface area contributed by atoms with Crippen molar-refractivity contribution in [1.29, 1.82) is 5.26 Å². The van der Waals surface area contributed by atoms with Gasteiger partial charge in [0, 0.05) is 0 Å². The molecule has 168 valence electrons. The van der Waals surface area contributed by atoms with Crippen molar-refractivity contribution in [3.63, 3.8) is 0 Å². The SMILES string of the molecule is CCCCCCCCCCCCCCCCCCCC[N+](C)(C)CCC#N.[Cl-]. The molecule has 0 amide bonds. The molecule has 0 aromatic rings. The van der Waals surface area contributed by atoms with Crippen LogP contribution in [-0.2, 0) is 0 Å². The van der Waals surface area contributed by atoms with Crippen LogP contribution in [0.1, 0.15) is 129 Å². The molecule has 0 fully saturated rings. The second-order valence-corrected chi connectivity index (χ2v) is 9.30. The van der Waals surface area contributed by atoms with E-state index in [1.807, 2.05) is 0 Å². The highest BCUT2D eigenvalue weighted by Crippen LogP contribution is 2.14. The van der Waals surface area contributed by atoms with E-state index in [2.05, 4.69) is 27.1 Å². The Morgan fingerprint density at radius 2 is 0.857 bits per heavy atom. The van der Waals surface area contributed by atoms with Gasteiger partial charge >= 0.3 is 0 Å². The molecule has 0 bridgehead atoms. The van der Waals surface area contributed by atoms with Crippen molar-refractivity contribution in [2.45, 2.75) is 129 Å². The lowest BCUT2D eigenvalue weighted by Gasteiger charge is -2.28. The van der Waals surface area contributed by atoms with E-state index in [9.17, 15) is 0 Å². The van der Waals surface area contributed by atoms with E-state index in [-0.39, 0.29) is 12.4 Å². The Balaban J connectivity index is 0. The second kappa shape index (κ2) is 23.0. The maximum atomic E-state index is 8.70. The van der Waals surface area contributed by atoms with Crippen molar-refractivity contribution in [3.8, 4) is 6.07 Å². The molecule has 0 aromatic heterocycles. The van der Waals surface area contributed by atoms with Gasteiger partial charge in [-0.3, -0.25) is 0 Å². The first-order chi connectivity index (χ1) is 13.1. The Labute approximate surface area is 184 Å². The van der Waals surface area contributed by atoms with Gasteiger partial charge in [0.15, 0.2) is 0 Å². The zero-order valence-corrected chi connectivity index (χ0v) is 20.4. The standard InChI is InChI=1S/C25H51N2.ClH/c1-4-5-6-7-8-9-10-11-12-13-14-15-16-17-18-19-20-21-24-27(2,3)25-22-23-26;/h4-22,24-25H2,1-3H3;1H/q+1;/p-1. The summed E-state index contributed by atoms with van der Waals surface area (Å²) >= 11 is 0. The van der Waals surface area contributed by atoms with Crippen molar-refractivity contribution >= 4 is 0 Å². The molecule has 0 saturated carbocycles. The highest BCUT2D eigenvalue weighted by Gasteiger charge is 2.13. The summed E-state index contributed by atoms with van der Waals surface area (Å²) < 4.78 is 1.01. The van der Waals surface area contributed by atoms with Crippen molar-refractivity contribution in [1.82, 2.24) is 0 Å². The van der Waals surface area contributed by atoms with Gasteiger partial charge in [0.05, 0.1) is 39.7 Å². The van der Waals surface area contributed by atoms with Crippen molar-refractivity contribution in [2.24, 2.45) is 0 Å². The predicted molar refractivity (Wildman–Crippen MR) is 121 cm³/mol. The number of unbranched alkanes of at least 4 members (excludes halogenated alkanes) is 17. The molecule has 0 saturated heterocycles. The van der Waals surface area contributed by atoms with Crippen LogP contribution in [0.25, 0.3) is 0 Å². The first kappa shape index (κ1) is 29.9. The number of halogens is 1. The topological polar surface area (TPSA) is 23.8 Å². The zero-order chi connectivity index (χ0) is 20.1. The fourth-order valence-corrected chi connectivity index (χ4v) is 3.91. The summed E-state index contributed by atoms with van der Waals surface area (Å²) in [6.07, 6.45) is 26.5. The van der Waals surface area contributed by atoms with E-state index in [4.69, 9.17) is 5.26 Å². The Morgan fingerprint density at radius 3 is 1.18 bits per heavy atom. The smallest absolute Gasteiger partial charge is 0.0914 e. The van der Waals surface area contributed by atoms with Gasteiger partial charge in [-0.05, 0) is 12.8 Å².